The van der Waals surface area contributed by atoms with Gasteiger partial charge in [0.15, 0.2) is 0 Å². The van der Waals surface area contributed by atoms with Crippen LogP contribution < -0.4 is 0 Å². The van der Waals surface area contributed by atoms with Gasteiger partial charge in [-0.15, -0.1) is 0 Å². The number of halogens is 5. The highest BCUT2D eigenvalue weighted by Crippen LogP contribution is 2.39. The van der Waals surface area contributed by atoms with Crippen LogP contribution in [0, 0.1) is 0 Å². The lowest BCUT2D eigenvalue weighted by atomic mass is 10.0. The van der Waals surface area contributed by atoms with Gasteiger partial charge >= 0.3 is 0 Å². The third-order valence-electron chi connectivity index (χ3n) is 15.0. The summed E-state index contributed by atoms with van der Waals surface area (Å²) in [5, 5.41) is 10.5. The van der Waals surface area contributed by atoms with Crippen LogP contribution in [0.4, 0.5) is 0 Å². The average molecular weight is 1190 g/mol. The molecule has 0 unspecified atom stereocenters. The van der Waals surface area contributed by atoms with Gasteiger partial charge in [0.25, 0.3) is 0 Å². The average Bonchev–Trinajstić information content (AvgIpc) is 4.30. The summed E-state index contributed by atoms with van der Waals surface area (Å²) in [4.78, 5) is 0. The summed E-state index contributed by atoms with van der Waals surface area (Å²) in [7, 11) is 0. The van der Waals surface area contributed by atoms with Gasteiger partial charge < -0.3 is 13.7 Å². The van der Waals surface area contributed by atoms with Crippen molar-refractivity contribution in [1.82, 2.24) is 13.7 Å². The van der Waals surface area contributed by atoms with E-state index in [2.05, 4.69) is 260 Å². The van der Waals surface area contributed by atoms with Crippen LogP contribution in [0.3, 0.4) is 0 Å². The fourth-order valence-corrected chi connectivity index (χ4v) is 12.2. The maximum atomic E-state index is 6.09. The minimum absolute atomic E-state index is 0.740. The number of fused-ring (bicyclic) bond motifs is 12. The van der Waals surface area contributed by atoms with Crippen LogP contribution in [0.5, 0.6) is 0 Å². The van der Waals surface area contributed by atoms with Crippen LogP contribution in [0.15, 0.2) is 284 Å². The Hall–Kier alpha value is -8.32. The number of hydrogen-bond acceptors (Lipinski definition) is 0. The molecule has 12 aromatic carbocycles. The number of para-hydroxylation sites is 4. The first-order valence-corrected chi connectivity index (χ1v) is 28.9. The van der Waals surface area contributed by atoms with E-state index in [1.807, 2.05) is 48.5 Å². The van der Waals surface area contributed by atoms with E-state index in [0.717, 1.165) is 53.6 Å². The van der Waals surface area contributed by atoms with Crippen molar-refractivity contribution in [1.29, 1.82) is 0 Å². The Morgan fingerprint density at radius 1 is 0.259 bits per heavy atom. The first-order chi connectivity index (χ1) is 39.7. The van der Waals surface area contributed by atoms with E-state index in [1.165, 1.54) is 93.2 Å². The van der Waals surface area contributed by atoms with Gasteiger partial charge in [0.05, 0.1) is 33.1 Å². The monoisotopic (exact) mass is 1190 g/mol. The van der Waals surface area contributed by atoms with Crippen molar-refractivity contribution in [2.45, 2.75) is 6.42 Å². The van der Waals surface area contributed by atoms with Gasteiger partial charge in [0.1, 0.15) is 0 Å². The summed E-state index contributed by atoms with van der Waals surface area (Å²) in [6.45, 7) is 0. The Labute approximate surface area is 498 Å². The molecular weight excluding hydrogens is 1140 g/mol. The van der Waals surface area contributed by atoms with Crippen LogP contribution in [0.25, 0.3) is 105 Å². The molecule has 3 aromatic heterocycles. The number of hydrogen-bond donors (Lipinski definition) is 0. The van der Waals surface area contributed by atoms with Gasteiger partial charge in [0.2, 0.25) is 0 Å². The zero-order chi connectivity index (χ0) is 55.0. The molecule has 0 saturated heterocycles. The van der Waals surface area contributed by atoms with Gasteiger partial charge in [-0.2, -0.15) is 0 Å². The number of aromatic nitrogens is 3. The molecule has 8 heteroatoms. The summed E-state index contributed by atoms with van der Waals surface area (Å²) in [5.74, 6) is 0. The smallest absolute Gasteiger partial charge is 0.0541 e. The van der Waals surface area contributed by atoms with E-state index < -0.39 is 0 Å². The largest absolute Gasteiger partial charge is 0.309 e. The second kappa shape index (κ2) is 22.7. The molecule has 0 amide bonds. The summed E-state index contributed by atoms with van der Waals surface area (Å²) in [5.41, 5.74) is 18.6. The Kier molecular flexibility index (Phi) is 14.6. The SMILES string of the molecule is Clc1ccc(-c2ccc3c(c2)c2ccccc2n3-c2ccc(Cl)cc2)cc1.Clc1ccc(-n2c3ccccc3c3cc(Br)ccc32)cc1.Clc1ccc(-n2c3ccccc3c3ccccc32)cc1.c1ccc2c(c1)Cc1ccccc1-2. The lowest BCUT2D eigenvalue weighted by Gasteiger charge is -2.08. The summed E-state index contributed by atoms with van der Waals surface area (Å²) < 4.78 is 7.93. The van der Waals surface area contributed by atoms with Crippen LogP contribution in [0.1, 0.15) is 11.1 Å². The fraction of sp³-hybridized carbons (Fsp3) is 0.0137. The van der Waals surface area contributed by atoms with Crippen molar-refractivity contribution >= 4 is 128 Å². The molecule has 3 nitrogen and oxygen atoms in total. The summed E-state index contributed by atoms with van der Waals surface area (Å²) >= 11 is 27.7. The molecule has 0 radical (unpaired) electrons. The number of benzene rings is 12. The number of nitrogens with zero attached hydrogens (tertiary/aromatic N) is 3. The normalized spacial score (nSPS) is 11.5. The molecule has 16 rings (SSSR count). The van der Waals surface area contributed by atoms with E-state index in [1.54, 1.807) is 0 Å². The van der Waals surface area contributed by atoms with Crippen molar-refractivity contribution in [3.05, 3.63) is 315 Å². The lowest BCUT2D eigenvalue weighted by molar-refractivity contribution is 1.18. The molecule has 3 heterocycles. The predicted molar refractivity (Wildman–Crippen MR) is 350 cm³/mol. The third kappa shape index (κ3) is 10.3. The van der Waals surface area contributed by atoms with Crippen LogP contribution in [0.2, 0.25) is 20.1 Å². The molecule has 0 bridgehead atoms. The molecule has 1 aliphatic carbocycles. The molecule has 1 aliphatic rings. The number of rotatable bonds is 4. The second-order valence-corrected chi connectivity index (χ2v) is 22.6. The Bertz CT molecular complexity index is 4670. The van der Waals surface area contributed by atoms with Gasteiger partial charge in [0, 0.05) is 73.9 Å². The molecule has 0 fully saturated rings. The molecule has 15 aromatic rings. The minimum atomic E-state index is 0.740. The Morgan fingerprint density at radius 3 is 0.963 bits per heavy atom. The van der Waals surface area contributed by atoms with Gasteiger partial charge in [-0.05, 0) is 179 Å². The minimum Gasteiger partial charge on any atom is -0.309 e. The first-order valence-electron chi connectivity index (χ1n) is 26.6. The summed E-state index contributed by atoms with van der Waals surface area (Å²) in [6, 6.07) is 96.1. The van der Waals surface area contributed by atoms with Gasteiger partial charge in [-0.3, -0.25) is 0 Å². The van der Waals surface area contributed by atoms with Crippen molar-refractivity contribution < 1.29 is 0 Å². The summed E-state index contributed by atoms with van der Waals surface area (Å²) in [6.07, 6.45) is 1.10. The third-order valence-corrected chi connectivity index (χ3v) is 16.5. The van der Waals surface area contributed by atoms with E-state index in [-0.39, 0.29) is 0 Å². The van der Waals surface area contributed by atoms with Crippen LogP contribution in [-0.4, -0.2) is 13.7 Å². The molecule has 0 saturated carbocycles. The van der Waals surface area contributed by atoms with Gasteiger partial charge in [-0.25, -0.2) is 0 Å². The highest BCUT2D eigenvalue weighted by Gasteiger charge is 2.17. The standard InChI is InChI=1S/C24H15Cl2N.C18H11BrClN.C18H12ClN.C13H10/c25-18-8-5-16(6-9-18)17-7-14-24-22(15-17)21-3-1-2-4-23(21)27(24)20-12-10-19(26)11-13-20;19-12-5-10-18-16(11-12)15-3-1-2-4-17(15)21(18)14-8-6-13(20)7-9-14;19-13-9-11-14(12-10-13)20-17-7-3-1-5-15(17)16-6-2-4-8-18(16)20;1-3-7-12-10(5-1)9-11-6-2-4-8-13(11)12/h1-15H;1-11H;1-12H;1-8H,9H2. The van der Waals surface area contributed by atoms with E-state index in [4.69, 9.17) is 46.4 Å². The molecule has 390 valence electrons. The molecule has 81 heavy (non-hydrogen) atoms. The Morgan fingerprint density at radius 2 is 0.556 bits per heavy atom. The topological polar surface area (TPSA) is 14.8 Å². The van der Waals surface area contributed by atoms with Crippen molar-refractivity contribution in [2.24, 2.45) is 0 Å². The van der Waals surface area contributed by atoms with Crippen LogP contribution in [-0.2, 0) is 6.42 Å². The molecule has 0 atom stereocenters. The Balaban J connectivity index is 0.000000104. The maximum Gasteiger partial charge on any atom is 0.0541 e. The van der Waals surface area contributed by atoms with Gasteiger partial charge in [-0.1, -0.05) is 202 Å². The highest BCUT2D eigenvalue weighted by atomic mass is 79.9. The van der Waals surface area contributed by atoms with E-state index in [9.17, 15) is 0 Å². The van der Waals surface area contributed by atoms with E-state index >= 15 is 0 Å². The van der Waals surface area contributed by atoms with Crippen molar-refractivity contribution in [3.63, 3.8) is 0 Å². The zero-order valence-corrected chi connectivity index (χ0v) is 48.1. The fourth-order valence-electron chi connectivity index (χ4n) is 11.3. The first kappa shape index (κ1) is 52.1. The van der Waals surface area contributed by atoms with E-state index in [0.29, 0.717) is 0 Å². The predicted octanol–water partition coefficient (Wildman–Crippen LogP) is 22.7. The second-order valence-electron chi connectivity index (χ2n) is 19.9. The maximum absolute atomic E-state index is 6.09. The highest BCUT2D eigenvalue weighted by molar-refractivity contribution is 9.10. The molecule has 0 spiro atoms. The van der Waals surface area contributed by atoms with Crippen LogP contribution >= 0.6 is 62.3 Å². The van der Waals surface area contributed by atoms with Crippen molar-refractivity contribution in [2.75, 3.05) is 0 Å². The zero-order valence-electron chi connectivity index (χ0n) is 43.5. The molecular formula is C73H48BrCl4N3. The van der Waals surface area contributed by atoms with Crippen molar-refractivity contribution in [3.8, 4) is 39.3 Å². The quantitative estimate of drug-likeness (QED) is 0.167. The molecule has 0 N–H and O–H groups in total. The molecule has 0 aliphatic heterocycles. The lowest BCUT2D eigenvalue weighted by Crippen LogP contribution is -1.93.